The van der Waals surface area contributed by atoms with E-state index in [0.717, 1.165) is 5.02 Å². The predicted octanol–water partition coefficient (Wildman–Crippen LogP) is 4.78. The van der Waals surface area contributed by atoms with E-state index in [1.54, 1.807) is 0 Å². The van der Waals surface area contributed by atoms with Gasteiger partial charge in [-0.05, 0) is 44.5 Å². The molecule has 1 aliphatic rings. The molecule has 1 saturated carbocycles. The molecule has 0 spiro atoms. The average molecular weight is 295 g/mol. The Labute approximate surface area is 128 Å². The first-order valence-corrected chi connectivity index (χ1v) is 8.21. The van der Waals surface area contributed by atoms with Crippen molar-refractivity contribution < 1.29 is 0 Å². The fourth-order valence-electron chi connectivity index (χ4n) is 3.10. The Hall–Kier alpha value is -0.730. The normalized spacial score (nSPS) is 18.6. The number of anilines is 1. The zero-order valence-corrected chi connectivity index (χ0v) is 13.7. The van der Waals surface area contributed by atoms with E-state index < -0.39 is 0 Å². The van der Waals surface area contributed by atoms with Gasteiger partial charge in [-0.3, -0.25) is 0 Å². The van der Waals surface area contributed by atoms with E-state index >= 15 is 0 Å². The Kier molecular flexibility index (Phi) is 5.74. The van der Waals surface area contributed by atoms with Crippen LogP contribution in [-0.4, -0.2) is 20.1 Å². The molecule has 2 rings (SSSR count). The third kappa shape index (κ3) is 3.67. The molecule has 112 valence electrons. The number of nitrogens with one attached hydrogen (secondary N) is 1. The van der Waals surface area contributed by atoms with Gasteiger partial charge >= 0.3 is 0 Å². The molecular weight excluding hydrogens is 268 g/mol. The van der Waals surface area contributed by atoms with Crippen molar-refractivity contribution in [3.63, 3.8) is 0 Å². The number of halogens is 1. The van der Waals surface area contributed by atoms with Crippen LogP contribution >= 0.6 is 11.6 Å². The number of benzene rings is 1. The minimum Gasteiger partial charge on any atom is -0.372 e. The van der Waals surface area contributed by atoms with Gasteiger partial charge in [0.25, 0.3) is 0 Å². The number of hydrogen-bond acceptors (Lipinski definition) is 2. The van der Waals surface area contributed by atoms with Crippen molar-refractivity contribution in [2.45, 2.75) is 57.5 Å². The summed E-state index contributed by atoms with van der Waals surface area (Å²) in [4.78, 5) is 2.42. The molecule has 1 aromatic rings. The molecule has 0 saturated heterocycles. The van der Waals surface area contributed by atoms with Crippen molar-refractivity contribution in [1.82, 2.24) is 5.32 Å². The number of nitrogens with zero attached hydrogens (tertiary/aromatic N) is 1. The second-order valence-corrected chi connectivity index (χ2v) is 6.38. The molecule has 0 radical (unpaired) electrons. The van der Waals surface area contributed by atoms with Crippen LogP contribution in [0.5, 0.6) is 0 Å². The lowest BCUT2D eigenvalue weighted by atomic mass is 10.0. The molecule has 0 bridgehead atoms. The van der Waals surface area contributed by atoms with Crippen LogP contribution in [0.1, 0.15) is 57.1 Å². The van der Waals surface area contributed by atoms with E-state index in [1.807, 2.05) is 7.05 Å². The maximum absolute atomic E-state index is 6.45. The zero-order chi connectivity index (χ0) is 14.5. The van der Waals surface area contributed by atoms with E-state index in [0.29, 0.717) is 12.1 Å². The first-order valence-electron chi connectivity index (χ1n) is 7.83. The smallest absolute Gasteiger partial charge is 0.0474 e. The van der Waals surface area contributed by atoms with Crippen LogP contribution < -0.4 is 10.2 Å². The fourth-order valence-corrected chi connectivity index (χ4v) is 3.44. The zero-order valence-electron chi connectivity index (χ0n) is 13.0. The lowest BCUT2D eigenvalue weighted by Gasteiger charge is -2.30. The lowest BCUT2D eigenvalue weighted by molar-refractivity contribution is 0.553. The standard InChI is InChI=1S/C17H27ClN2/c1-13(19-2)16-11-10-15(12-17(16)18)20(3)14-8-6-4-5-7-9-14/h10-14,19H,4-9H2,1-3H3. The highest BCUT2D eigenvalue weighted by Gasteiger charge is 2.18. The average Bonchev–Trinajstić information content (AvgIpc) is 2.74. The Morgan fingerprint density at radius 2 is 1.85 bits per heavy atom. The SMILES string of the molecule is CNC(C)c1ccc(N(C)C2CCCCCC2)cc1Cl. The van der Waals surface area contributed by atoms with Gasteiger partial charge in [0, 0.05) is 29.8 Å². The first-order chi connectivity index (χ1) is 9.63. The van der Waals surface area contributed by atoms with Crippen molar-refractivity contribution in [1.29, 1.82) is 0 Å². The Balaban J connectivity index is 2.13. The van der Waals surface area contributed by atoms with Crippen LogP contribution in [0.15, 0.2) is 18.2 Å². The monoisotopic (exact) mass is 294 g/mol. The maximum atomic E-state index is 6.45. The molecule has 1 N–H and O–H groups in total. The van der Waals surface area contributed by atoms with Crippen LogP contribution in [0.4, 0.5) is 5.69 Å². The predicted molar refractivity (Wildman–Crippen MR) is 88.8 cm³/mol. The van der Waals surface area contributed by atoms with Gasteiger partial charge in [-0.2, -0.15) is 0 Å². The number of rotatable bonds is 4. The molecule has 1 aromatic carbocycles. The van der Waals surface area contributed by atoms with Crippen LogP contribution in [0, 0.1) is 0 Å². The summed E-state index contributed by atoms with van der Waals surface area (Å²) in [6, 6.07) is 7.45. The van der Waals surface area contributed by atoms with Crippen LogP contribution in [0.3, 0.4) is 0 Å². The molecule has 20 heavy (non-hydrogen) atoms. The third-order valence-electron chi connectivity index (χ3n) is 4.66. The van der Waals surface area contributed by atoms with Gasteiger partial charge in [0.1, 0.15) is 0 Å². The van der Waals surface area contributed by atoms with E-state index in [-0.39, 0.29) is 0 Å². The molecule has 1 fully saturated rings. The molecule has 0 aliphatic heterocycles. The summed E-state index contributed by atoms with van der Waals surface area (Å²) in [7, 11) is 4.18. The molecule has 0 amide bonds. The van der Waals surface area contributed by atoms with E-state index in [1.165, 1.54) is 49.8 Å². The highest BCUT2D eigenvalue weighted by molar-refractivity contribution is 6.31. The molecule has 3 heteroatoms. The molecule has 0 heterocycles. The summed E-state index contributed by atoms with van der Waals surface area (Å²) in [5, 5.41) is 4.11. The molecular formula is C17H27ClN2. The summed E-state index contributed by atoms with van der Waals surface area (Å²) < 4.78 is 0. The van der Waals surface area contributed by atoms with Crippen LogP contribution in [0.2, 0.25) is 5.02 Å². The van der Waals surface area contributed by atoms with E-state index in [9.17, 15) is 0 Å². The highest BCUT2D eigenvalue weighted by atomic mass is 35.5. The van der Waals surface area contributed by atoms with E-state index in [4.69, 9.17) is 11.6 Å². The van der Waals surface area contributed by atoms with Crippen molar-refractivity contribution in [2.24, 2.45) is 0 Å². The van der Waals surface area contributed by atoms with Gasteiger partial charge in [0.2, 0.25) is 0 Å². The fraction of sp³-hybridized carbons (Fsp3) is 0.647. The van der Waals surface area contributed by atoms with E-state index in [2.05, 4.69) is 42.4 Å². The number of hydrogen-bond donors (Lipinski definition) is 1. The minimum absolute atomic E-state index is 0.291. The Morgan fingerprint density at radius 1 is 1.20 bits per heavy atom. The molecule has 0 aromatic heterocycles. The van der Waals surface area contributed by atoms with Crippen molar-refractivity contribution in [3.8, 4) is 0 Å². The van der Waals surface area contributed by atoms with Crippen molar-refractivity contribution >= 4 is 17.3 Å². The molecule has 1 aliphatic carbocycles. The second kappa shape index (κ2) is 7.33. The van der Waals surface area contributed by atoms with Gasteiger partial charge in [-0.15, -0.1) is 0 Å². The molecule has 2 nitrogen and oxygen atoms in total. The Bertz CT molecular complexity index is 425. The quantitative estimate of drug-likeness (QED) is 0.804. The van der Waals surface area contributed by atoms with Gasteiger partial charge in [-0.1, -0.05) is 43.4 Å². The summed E-state index contributed by atoms with van der Waals surface area (Å²) >= 11 is 6.45. The van der Waals surface area contributed by atoms with Gasteiger partial charge in [-0.25, -0.2) is 0 Å². The third-order valence-corrected chi connectivity index (χ3v) is 4.99. The Morgan fingerprint density at radius 3 is 2.40 bits per heavy atom. The first kappa shape index (κ1) is 15.7. The lowest BCUT2D eigenvalue weighted by Crippen LogP contribution is -2.31. The summed E-state index contributed by atoms with van der Waals surface area (Å²) in [5.41, 5.74) is 2.42. The van der Waals surface area contributed by atoms with Gasteiger partial charge in [0.15, 0.2) is 0 Å². The van der Waals surface area contributed by atoms with Gasteiger partial charge in [0.05, 0.1) is 0 Å². The minimum atomic E-state index is 0.291. The maximum Gasteiger partial charge on any atom is 0.0474 e. The molecule has 1 atom stereocenters. The largest absolute Gasteiger partial charge is 0.372 e. The van der Waals surface area contributed by atoms with Crippen molar-refractivity contribution in [3.05, 3.63) is 28.8 Å². The second-order valence-electron chi connectivity index (χ2n) is 5.97. The summed E-state index contributed by atoms with van der Waals surface area (Å²) in [5.74, 6) is 0. The topological polar surface area (TPSA) is 15.3 Å². The van der Waals surface area contributed by atoms with Crippen molar-refractivity contribution in [2.75, 3.05) is 19.0 Å². The summed E-state index contributed by atoms with van der Waals surface area (Å²) in [6.45, 7) is 2.13. The van der Waals surface area contributed by atoms with Crippen LogP contribution in [0.25, 0.3) is 0 Å². The van der Waals surface area contributed by atoms with Gasteiger partial charge < -0.3 is 10.2 Å². The van der Waals surface area contributed by atoms with Crippen LogP contribution in [-0.2, 0) is 0 Å². The summed E-state index contributed by atoms with van der Waals surface area (Å²) in [6.07, 6.45) is 8.12. The molecule has 1 unspecified atom stereocenters. The highest BCUT2D eigenvalue weighted by Crippen LogP contribution is 2.30.